The van der Waals surface area contributed by atoms with Gasteiger partial charge in [0.2, 0.25) is 0 Å². The first-order valence-electron chi connectivity index (χ1n) is 7.90. The smallest absolute Gasteiger partial charge is 0.321 e. The minimum absolute atomic E-state index is 0.108. The van der Waals surface area contributed by atoms with Crippen molar-refractivity contribution >= 4 is 40.8 Å². The summed E-state index contributed by atoms with van der Waals surface area (Å²) in [6.45, 7) is 1.88. The minimum Gasteiger partial charge on any atom is -0.335 e. The molecule has 0 unspecified atom stereocenters. The lowest BCUT2D eigenvalue weighted by Crippen LogP contribution is -2.51. The third-order valence-electron chi connectivity index (χ3n) is 4.05. The number of hydrogen-bond acceptors (Lipinski definition) is 2. The van der Waals surface area contributed by atoms with Crippen LogP contribution in [0.3, 0.4) is 0 Å². The van der Waals surface area contributed by atoms with Crippen LogP contribution in [0.2, 0.25) is 10.0 Å². The van der Waals surface area contributed by atoms with Crippen LogP contribution in [-0.2, 0) is 0 Å². The summed E-state index contributed by atoms with van der Waals surface area (Å²) in [5.74, 6) is -0.108. The maximum absolute atomic E-state index is 12.5. The minimum atomic E-state index is -0.188. The van der Waals surface area contributed by atoms with Crippen molar-refractivity contribution in [1.82, 2.24) is 9.80 Å². The number of hydrogen-bond donors (Lipinski definition) is 1. The molecule has 0 bridgehead atoms. The van der Waals surface area contributed by atoms with Gasteiger partial charge in [-0.25, -0.2) is 4.79 Å². The third-order valence-corrected chi connectivity index (χ3v) is 4.64. The molecule has 2 aromatic rings. The number of nitrogens with one attached hydrogen (secondary N) is 1. The molecule has 1 aliphatic heterocycles. The Morgan fingerprint density at radius 1 is 0.840 bits per heavy atom. The van der Waals surface area contributed by atoms with Gasteiger partial charge in [-0.1, -0.05) is 35.3 Å². The summed E-state index contributed by atoms with van der Waals surface area (Å²) in [7, 11) is 0. The summed E-state index contributed by atoms with van der Waals surface area (Å²) in [6, 6.07) is 13.7. The molecule has 7 heteroatoms. The second kappa shape index (κ2) is 7.76. The second-order valence-electron chi connectivity index (χ2n) is 5.70. The number of nitrogens with zero attached hydrogens (tertiary/aromatic N) is 2. The maximum Gasteiger partial charge on any atom is 0.321 e. The van der Waals surface area contributed by atoms with Gasteiger partial charge in [-0.3, -0.25) is 4.79 Å². The standard InChI is InChI=1S/C18H17Cl2N3O2/c19-13-5-7-14(8-6-13)21-18(25)23-11-9-22(10-12-23)17(24)15-3-1-2-4-16(15)20/h1-8H,9-12H2,(H,21,25). The third kappa shape index (κ3) is 4.24. The number of carbonyl (C=O) groups is 2. The van der Waals surface area contributed by atoms with Crippen LogP contribution in [0.5, 0.6) is 0 Å². The van der Waals surface area contributed by atoms with Gasteiger partial charge in [0, 0.05) is 36.9 Å². The lowest BCUT2D eigenvalue weighted by molar-refractivity contribution is 0.0672. The first kappa shape index (κ1) is 17.6. The topological polar surface area (TPSA) is 52.7 Å². The van der Waals surface area contributed by atoms with Gasteiger partial charge < -0.3 is 15.1 Å². The highest BCUT2D eigenvalue weighted by Crippen LogP contribution is 2.19. The molecule has 1 N–H and O–H groups in total. The molecular formula is C18H17Cl2N3O2. The van der Waals surface area contributed by atoms with E-state index in [9.17, 15) is 9.59 Å². The lowest BCUT2D eigenvalue weighted by atomic mass is 10.2. The van der Waals surface area contributed by atoms with Gasteiger partial charge in [0.1, 0.15) is 0 Å². The van der Waals surface area contributed by atoms with Crippen molar-refractivity contribution in [2.45, 2.75) is 0 Å². The van der Waals surface area contributed by atoms with Crippen molar-refractivity contribution < 1.29 is 9.59 Å². The highest BCUT2D eigenvalue weighted by atomic mass is 35.5. The van der Waals surface area contributed by atoms with Crippen molar-refractivity contribution in [2.75, 3.05) is 31.5 Å². The number of urea groups is 1. The van der Waals surface area contributed by atoms with E-state index in [0.717, 1.165) is 0 Å². The Hall–Kier alpha value is -2.24. The van der Waals surface area contributed by atoms with Crippen molar-refractivity contribution in [2.24, 2.45) is 0 Å². The predicted octanol–water partition coefficient (Wildman–Crippen LogP) is 3.98. The summed E-state index contributed by atoms with van der Waals surface area (Å²) >= 11 is 11.9. The zero-order valence-corrected chi connectivity index (χ0v) is 14.9. The number of anilines is 1. The average Bonchev–Trinajstić information content (AvgIpc) is 2.63. The van der Waals surface area contributed by atoms with Crippen LogP contribution in [0.4, 0.5) is 10.5 Å². The quantitative estimate of drug-likeness (QED) is 0.860. The SMILES string of the molecule is O=C(Nc1ccc(Cl)cc1)N1CCN(C(=O)c2ccccc2Cl)CC1. The first-order chi connectivity index (χ1) is 12.0. The molecule has 0 atom stereocenters. The van der Waals surface area contributed by atoms with Gasteiger partial charge in [-0.2, -0.15) is 0 Å². The molecular weight excluding hydrogens is 361 g/mol. The normalized spacial score (nSPS) is 14.3. The van der Waals surface area contributed by atoms with E-state index in [0.29, 0.717) is 47.5 Å². The molecule has 3 amide bonds. The molecule has 0 radical (unpaired) electrons. The molecule has 1 aliphatic rings. The van der Waals surface area contributed by atoms with E-state index in [2.05, 4.69) is 5.32 Å². The van der Waals surface area contributed by atoms with Gasteiger partial charge in [-0.05, 0) is 36.4 Å². The van der Waals surface area contributed by atoms with E-state index in [1.54, 1.807) is 58.3 Å². The highest BCUT2D eigenvalue weighted by Gasteiger charge is 2.25. The fourth-order valence-corrected chi connectivity index (χ4v) is 3.00. The van der Waals surface area contributed by atoms with Crippen LogP contribution in [0.25, 0.3) is 0 Å². The predicted molar refractivity (Wildman–Crippen MR) is 99.4 cm³/mol. The monoisotopic (exact) mass is 377 g/mol. The number of carbonyl (C=O) groups excluding carboxylic acids is 2. The molecule has 3 rings (SSSR count). The van der Waals surface area contributed by atoms with E-state index in [1.165, 1.54) is 0 Å². The van der Waals surface area contributed by atoms with Crippen LogP contribution >= 0.6 is 23.2 Å². The Morgan fingerprint density at radius 3 is 2.08 bits per heavy atom. The fraction of sp³-hybridized carbons (Fsp3) is 0.222. The number of rotatable bonds is 2. The second-order valence-corrected chi connectivity index (χ2v) is 6.54. The van der Waals surface area contributed by atoms with Gasteiger partial charge in [-0.15, -0.1) is 0 Å². The highest BCUT2D eigenvalue weighted by molar-refractivity contribution is 6.33. The largest absolute Gasteiger partial charge is 0.335 e. The van der Waals surface area contributed by atoms with E-state index < -0.39 is 0 Å². The van der Waals surface area contributed by atoms with Crippen LogP contribution in [0, 0.1) is 0 Å². The van der Waals surface area contributed by atoms with E-state index in [-0.39, 0.29) is 11.9 Å². The molecule has 25 heavy (non-hydrogen) atoms. The Morgan fingerprint density at radius 2 is 1.44 bits per heavy atom. The Bertz CT molecular complexity index is 772. The summed E-state index contributed by atoms with van der Waals surface area (Å²) in [5, 5.41) is 3.88. The van der Waals surface area contributed by atoms with Crippen LogP contribution in [0.1, 0.15) is 10.4 Å². The van der Waals surface area contributed by atoms with Crippen molar-refractivity contribution in [3.63, 3.8) is 0 Å². The summed E-state index contributed by atoms with van der Waals surface area (Å²) in [6.07, 6.45) is 0. The fourth-order valence-electron chi connectivity index (χ4n) is 2.65. The number of halogens is 2. The molecule has 1 saturated heterocycles. The van der Waals surface area contributed by atoms with Gasteiger partial charge in [0.15, 0.2) is 0 Å². The first-order valence-corrected chi connectivity index (χ1v) is 8.65. The molecule has 0 saturated carbocycles. The van der Waals surface area contributed by atoms with Gasteiger partial charge >= 0.3 is 6.03 Å². The number of amides is 3. The average molecular weight is 378 g/mol. The Balaban J connectivity index is 1.56. The molecule has 2 aromatic carbocycles. The van der Waals surface area contributed by atoms with Crippen LogP contribution in [-0.4, -0.2) is 47.9 Å². The Labute approximate surface area is 156 Å². The molecule has 1 heterocycles. The van der Waals surface area contributed by atoms with Crippen LogP contribution in [0.15, 0.2) is 48.5 Å². The summed E-state index contributed by atoms with van der Waals surface area (Å²) in [4.78, 5) is 28.2. The van der Waals surface area contributed by atoms with E-state index in [4.69, 9.17) is 23.2 Å². The summed E-state index contributed by atoms with van der Waals surface area (Å²) in [5.41, 5.74) is 1.17. The molecule has 0 aliphatic carbocycles. The molecule has 1 fully saturated rings. The van der Waals surface area contributed by atoms with Crippen molar-refractivity contribution in [3.05, 3.63) is 64.1 Å². The van der Waals surface area contributed by atoms with Gasteiger partial charge in [0.25, 0.3) is 5.91 Å². The van der Waals surface area contributed by atoms with Crippen LogP contribution < -0.4 is 5.32 Å². The zero-order chi connectivity index (χ0) is 17.8. The maximum atomic E-state index is 12.5. The van der Waals surface area contributed by atoms with Gasteiger partial charge in [0.05, 0.1) is 10.6 Å². The number of benzene rings is 2. The summed E-state index contributed by atoms with van der Waals surface area (Å²) < 4.78 is 0. The molecule has 5 nitrogen and oxygen atoms in total. The van der Waals surface area contributed by atoms with Crippen molar-refractivity contribution in [1.29, 1.82) is 0 Å². The lowest BCUT2D eigenvalue weighted by Gasteiger charge is -2.34. The van der Waals surface area contributed by atoms with Crippen molar-refractivity contribution in [3.8, 4) is 0 Å². The van der Waals surface area contributed by atoms with E-state index in [1.807, 2.05) is 0 Å². The zero-order valence-electron chi connectivity index (χ0n) is 13.4. The molecule has 130 valence electrons. The van der Waals surface area contributed by atoms with E-state index >= 15 is 0 Å². The molecule has 0 aromatic heterocycles. The number of piperazine rings is 1. The Kier molecular flexibility index (Phi) is 5.46. The molecule has 0 spiro atoms.